The molecule has 0 saturated carbocycles. The van der Waals surface area contributed by atoms with Crippen LogP contribution in [0.5, 0.6) is 0 Å². The second-order valence-electron chi connectivity index (χ2n) is 2.70. The van der Waals surface area contributed by atoms with Gasteiger partial charge < -0.3 is 0 Å². The second kappa shape index (κ2) is 5.96. The van der Waals surface area contributed by atoms with Crippen molar-refractivity contribution in [3.8, 4) is 0 Å². The lowest BCUT2D eigenvalue weighted by Crippen LogP contribution is -1.71. The highest BCUT2D eigenvalue weighted by molar-refractivity contribution is 5.24. The van der Waals surface area contributed by atoms with Gasteiger partial charge in [0.15, 0.2) is 0 Å². The first kappa shape index (κ1) is 10.2. The van der Waals surface area contributed by atoms with Gasteiger partial charge in [-0.05, 0) is 19.8 Å². The van der Waals surface area contributed by atoms with E-state index in [-0.39, 0.29) is 0 Å². The largest absolute Gasteiger partial charge is 0.0958 e. The van der Waals surface area contributed by atoms with Gasteiger partial charge in [0.25, 0.3) is 0 Å². The summed E-state index contributed by atoms with van der Waals surface area (Å²) in [4.78, 5) is 0. The molecule has 0 aromatic heterocycles. The molecule has 0 fully saturated rings. The number of rotatable bonds is 4. The van der Waals surface area contributed by atoms with Gasteiger partial charge in [0, 0.05) is 0 Å². The number of hydrogen-bond donors (Lipinski definition) is 0. The van der Waals surface area contributed by atoms with Gasteiger partial charge in [0.05, 0.1) is 0 Å². The van der Waals surface area contributed by atoms with Crippen LogP contribution in [0.3, 0.4) is 0 Å². The Labute approximate surface area is 70.3 Å². The van der Waals surface area contributed by atoms with E-state index in [4.69, 9.17) is 0 Å². The normalized spacial score (nSPS) is 12.5. The lowest BCUT2D eigenvalue weighted by atomic mass is 10.1. The predicted octanol–water partition coefficient (Wildman–Crippen LogP) is 3.87. The lowest BCUT2D eigenvalue weighted by Gasteiger charge is -1.92. The molecule has 0 unspecified atom stereocenters. The zero-order valence-electron chi connectivity index (χ0n) is 7.85. The van der Waals surface area contributed by atoms with E-state index in [2.05, 4.69) is 45.6 Å². The maximum atomic E-state index is 3.89. The molecule has 0 aliphatic heterocycles. The van der Waals surface area contributed by atoms with Crippen molar-refractivity contribution in [2.75, 3.05) is 0 Å². The molecule has 0 bridgehead atoms. The smallest absolute Gasteiger partial charge is 0.0313 e. The molecular formula is C11H18. The monoisotopic (exact) mass is 150 g/mol. The minimum atomic E-state index is 1.04. The maximum absolute atomic E-state index is 3.89. The predicted molar refractivity (Wildman–Crippen MR) is 52.6 cm³/mol. The van der Waals surface area contributed by atoms with Crippen molar-refractivity contribution in [3.05, 3.63) is 36.0 Å². The summed E-state index contributed by atoms with van der Waals surface area (Å²) in [6.07, 6.45) is 8.56. The van der Waals surface area contributed by atoms with Crippen molar-refractivity contribution >= 4 is 0 Å². The molecule has 0 saturated heterocycles. The fourth-order valence-corrected chi connectivity index (χ4v) is 0.757. The first-order valence-electron chi connectivity index (χ1n) is 4.23. The van der Waals surface area contributed by atoms with Crippen LogP contribution in [0.15, 0.2) is 36.0 Å². The van der Waals surface area contributed by atoms with E-state index in [1.807, 2.05) is 0 Å². The maximum Gasteiger partial charge on any atom is -0.0313 e. The van der Waals surface area contributed by atoms with Gasteiger partial charge in [-0.3, -0.25) is 0 Å². The van der Waals surface area contributed by atoms with Gasteiger partial charge in [-0.1, -0.05) is 49.8 Å². The summed E-state index contributed by atoms with van der Waals surface area (Å²) in [5.74, 6) is 0. The minimum absolute atomic E-state index is 1.04. The first-order chi connectivity index (χ1) is 5.20. The van der Waals surface area contributed by atoms with Crippen LogP contribution >= 0.6 is 0 Å². The second-order valence-corrected chi connectivity index (χ2v) is 2.70. The van der Waals surface area contributed by atoms with E-state index in [1.54, 1.807) is 0 Å². The van der Waals surface area contributed by atoms with E-state index < -0.39 is 0 Å². The summed E-state index contributed by atoms with van der Waals surface area (Å²) in [5.41, 5.74) is 2.51. The highest BCUT2D eigenvalue weighted by Gasteiger charge is 1.82. The molecule has 0 radical (unpaired) electrons. The fraction of sp³-hybridized carbons (Fsp3) is 0.455. The van der Waals surface area contributed by atoms with Crippen molar-refractivity contribution in [1.29, 1.82) is 0 Å². The fourth-order valence-electron chi connectivity index (χ4n) is 0.757. The topological polar surface area (TPSA) is 0 Å². The third-order valence-corrected chi connectivity index (χ3v) is 1.56. The Morgan fingerprint density at radius 1 is 1.27 bits per heavy atom. The zero-order valence-corrected chi connectivity index (χ0v) is 7.85. The van der Waals surface area contributed by atoms with Crippen LogP contribution in [-0.2, 0) is 0 Å². The molecule has 0 amide bonds. The molecule has 0 atom stereocenters. The van der Waals surface area contributed by atoms with Crippen LogP contribution in [-0.4, -0.2) is 0 Å². The van der Waals surface area contributed by atoms with Crippen molar-refractivity contribution in [1.82, 2.24) is 0 Å². The van der Waals surface area contributed by atoms with Gasteiger partial charge >= 0.3 is 0 Å². The standard InChI is InChI=1S/C11H18/c1-5-7-11(4)9-8-10(3)6-2/h7-9H,3,5-6H2,1-2,4H3/b9-8-,11-7-. The number of hydrogen-bond acceptors (Lipinski definition) is 0. The van der Waals surface area contributed by atoms with E-state index in [0.717, 1.165) is 12.8 Å². The summed E-state index contributed by atoms with van der Waals surface area (Å²) in [7, 11) is 0. The van der Waals surface area contributed by atoms with Crippen molar-refractivity contribution in [2.24, 2.45) is 0 Å². The summed E-state index contributed by atoms with van der Waals surface area (Å²) < 4.78 is 0. The minimum Gasteiger partial charge on any atom is -0.0958 e. The Hall–Kier alpha value is -0.780. The molecule has 0 aliphatic rings. The summed E-state index contributed by atoms with van der Waals surface area (Å²) >= 11 is 0. The third kappa shape index (κ3) is 5.65. The third-order valence-electron chi connectivity index (χ3n) is 1.56. The van der Waals surface area contributed by atoms with Crippen molar-refractivity contribution in [2.45, 2.75) is 33.6 Å². The van der Waals surface area contributed by atoms with E-state index in [9.17, 15) is 0 Å². The highest BCUT2D eigenvalue weighted by atomic mass is 13.9. The molecule has 0 rings (SSSR count). The molecule has 0 aliphatic carbocycles. The van der Waals surface area contributed by atoms with Gasteiger partial charge in [0.1, 0.15) is 0 Å². The van der Waals surface area contributed by atoms with Crippen LogP contribution in [0.2, 0.25) is 0 Å². The summed E-state index contributed by atoms with van der Waals surface area (Å²) in [6.45, 7) is 10.3. The van der Waals surface area contributed by atoms with Gasteiger partial charge in [-0.2, -0.15) is 0 Å². The highest BCUT2D eigenvalue weighted by Crippen LogP contribution is 2.02. The molecule has 11 heavy (non-hydrogen) atoms. The number of allylic oxidation sites excluding steroid dienone is 5. The van der Waals surface area contributed by atoms with Gasteiger partial charge in [0.2, 0.25) is 0 Å². The van der Waals surface area contributed by atoms with Crippen LogP contribution < -0.4 is 0 Å². The van der Waals surface area contributed by atoms with Gasteiger partial charge in [-0.15, -0.1) is 0 Å². The first-order valence-corrected chi connectivity index (χ1v) is 4.23. The van der Waals surface area contributed by atoms with E-state index in [0.29, 0.717) is 0 Å². The molecule has 0 spiro atoms. The lowest BCUT2D eigenvalue weighted by molar-refractivity contribution is 1.15. The quantitative estimate of drug-likeness (QED) is 0.534. The summed E-state index contributed by atoms with van der Waals surface area (Å²) in [6, 6.07) is 0. The van der Waals surface area contributed by atoms with Crippen molar-refractivity contribution < 1.29 is 0 Å². The Morgan fingerprint density at radius 3 is 2.36 bits per heavy atom. The molecule has 0 heteroatoms. The van der Waals surface area contributed by atoms with Crippen LogP contribution in [0, 0.1) is 0 Å². The van der Waals surface area contributed by atoms with Crippen LogP contribution in [0.25, 0.3) is 0 Å². The van der Waals surface area contributed by atoms with Crippen molar-refractivity contribution in [3.63, 3.8) is 0 Å². The Kier molecular flexibility index (Phi) is 5.54. The van der Waals surface area contributed by atoms with Crippen LogP contribution in [0.4, 0.5) is 0 Å². The zero-order chi connectivity index (χ0) is 8.69. The average molecular weight is 150 g/mol. The molecule has 0 heterocycles. The molecule has 0 nitrogen and oxygen atoms in total. The Morgan fingerprint density at radius 2 is 1.91 bits per heavy atom. The molecule has 0 aromatic carbocycles. The molecule has 0 N–H and O–H groups in total. The molecule has 0 aromatic rings. The van der Waals surface area contributed by atoms with Crippen LogP contribution in [0.1, 0.15) is 33.6 Å². The molecule has 62 valence electrons. The van der Waals surface area contributed by atoms with Gasteiger partial charge in [-0.25, -0.2) is 0 Å². The Balaban J connectivity index is 3.92. The molecular weight excluding hydrogens is 132 g/mol. The van der Waals surface area contributed by atoms with E-state index >= 15 is 0 Å². The average Bonchev–Trinajstić information content (AvgIpc) is 2.01. The summed E-state index contributed by atoms with van der Waals surface area (Å²) in [5, 5.41) is 0. The van der Waals surface area contributed by atoms with E-state index in [1.165, 1.54) is 11.1 Å². The Bertz CT molecular complexity index is 170. The SMILES string of the molecule is C=C(/C=C\C(C)=C/CC)CC.